The van der Waals surface area contributed by atoms with Gasteiger partial charge >= 0.3 is 0 Å². The van der Waals surface area contributed by atoms with E-state index >= 15 is 0 Å². The number of hydrogen-bond donors (Lipinski definition) is 0. The van der Waals surface area contributed by atoms with Gasteiger partial charge in [0, 0.05) is 43.5 Å². The van der Waals surface area contributed by atoms with E-state index in [9.17, 15) is 4.79 Å². The lowest BCUT2D eigenvalue weighted by molar-refractivity contribution is 0.0746. The fraction of sp³-hybridized carbons (Fsp3) is 0.208. The van der Waals surface area contributed by atoms with E-state index in [1.165, 1.54) is 5.56 Å². The van der Waals surface area contributed by atoms with Gasteiger partial charge in [-0.25, -0.2) is 4.98 Å². The van der Waals surface area contributed by atoms with Crippen LogP contribution in [0.5, 0.6) is 0 Å². The van der Waals surface area contributed by atoms with E-state index in [0.717, 1.165) is 35.4 Å². The number of aryl methyl sites for hydroxylation is 1. The van der Waals surface area contributed by atoms with E-state index in [0.29, 0.717) is 24.4 Å². The summed E-state index contributed by atoms with van der Waals surface area (Å²) in [5.74, 6) is 1.69. The van der Waals surface area contributed by atoms with Crippen LogP contribution in [0.2, 0.25) is 0 Å². The Bertz CT molecular complexity index is 1180. The first-order chi connectivity index (χ1) is 14.7. The maximum absolute atomic E-state index is 13.1. The average Bonchev–Trinajstić information content (AvgIpc) is 3.23. The molecule has 0 bridgehead atoms. The summed E-state index contributed by atoms with van der Waals surface area (Å²) in [5.41, 5.74) is 3.55. The maximum atomic E-state index is 13.1. The first-order valence-corrected chi connectivity index (χ1v) is 10.1. The lowest BCUT2D eigenvalue weighted by Gasteiger charge is -2.35. The number of rotatable bonds is 3. The number of hydrogen-bond acceptors (Lipinski definition) is 5. The Morgan fingerprint density at radius 1 is 0.967 bits per heavy atom. The van der Waals surface area contributed by atoms with E-state index in [4.69, 9.17) is 4.52 Å². The lowest BCUT2D eigenvalue weighted by Crippen LogP contribution is -2.49. The van der Waals surface area contributed by atoms with Gasteiger partial charge in [-0.15, -0.1) is 0 Å². The summed E-state index contributed by atoms with van der Waals surface area (Å²) in [5, 5.41) is 5.02. The molecule has 3 heterocycles. The molecule has 0 radical (unpaired) electrons. The zero-order valence-electron chi connectivity index (χ0n) is 16.8. The Labute approximate surface area is 174 Å². The highest BCUT2D eigenvalue weighted by atomic mass is 16.5. The Morgan fingerprint density at radius 2 is 1.77 bits per heavy atom. The predicted molar refractivity (Wildman–Crippen MR) is 117 cm³/mol. The van der Waals surface area contributed by atoms with Crippen molar-refractivity contribution in [1.82, 2.24) is 15.0 Å². The number of pyridine rings is 1. The molecule has 0 atom stereocenters. The molecule has 1 amide bonds. The summed E-state index contributed by atoms with van der Waals surface area (Å²) >= 11 is 0. The van der Waals surface area contributed by atoms with Crippen LogP contribution in [0.1, 0.15) is 15.9 Å². The lowest BCUT2D eigenvalue weighted by atomic mass is 10.0. The van der Waals surface area contributed by atoms with E-state index in [1.54, 1.807) is 6.20 Å². The van der Waals surface area contributed by atoms with Crippen LogP contribution in [0.25, 0.3) is 22.2 Å². The Hall–Kier alpha value is -3.67. The number of piperazine rings is 1. The zero-order valence-corrected chi connectivity index (χ0v) is 16.8. The van der Waals surface area contributed by atoms with Crippen LogP contribution in [0, 0.1) is 6.92 Å². The van der Waals surface area contributed by atoms with Crippen molar-refractivity contribution in [3.8, 4) is 11.3 Å². The van der Waals surface area contributed by atoms with Gasteiger partial charge in [-0.1, -0.05) is 41.1 Å². The van der Waals surface area contributed by atoms with Gasteiger partial charge in [0.2, 0.25) is 0 Å². The van der Waals surface area contributed by atoms with Crippen LogP contribution in [0.3, 0.4) is 0 Å². The summed E-state index contributed by atoms with van der Waals surface area (Å²) in [7, 11) is 0. The number of fused-ring (bicyclic) bond motifs is 1. The number of anilines is 1. The summed E-state index contributed by atoms with van der Waals surface area (Å²) in [6.45, 7) is 4.93. The van der Waals surface area contributed by atoms with Gasteiger partial charge in [-0.2, -0.15) is 0 Å². The summed E-state index contributed by atoms with van der Waals surface area (Å²) < 4.78 is 5.60. The van der Waals surface area contributed by atoms with Crippen LogP contribution in [-0.4, -0.2) is 47.1 Å². The van der Waals surface area contributed by atoms with Crippen molar-refractivity contribution in [2.45, 2.75) is 6.92 Å². The van der Waals surface area contributed by atoms with Gasteiger partial charge in [0.25, 0.3) is 5.91 Å². The molecule has 0 aliphatic carbocycles. The highest BCUT2D eigenvalue weighted by Gasteiger charge is 2.23. The van der Waals surface area contributed by atoms with Crippen molar-refractivity contribution in [2.75, 3.05) is 31.1 Å². The number of aromatic nitrogens is 2. The minimum atomic E-state index is 0.0358. The number of benzene rings is 2. The SMILES string of the molecule is Cc1ccc(-c2onc3ccc(C(=O)N4CCN(c5ccccn5)CC4)cc23)cc1. The Morgan fingerprint density at radius 3 is 2.50 bits per heavy atom. The molecule has 6 nitrogen and oxygen atoms in total. The standard InChI is InChI=1S/C24H22N4O2/c1-17-5-7-18(8-6-17)23-20-16-19(9-10-21(20)26-30-23)24(29)28-14-12-27(13-15-28)22-4-2-3-11-25-22/h2-11,16H,12-15H2,1H3. The summed E-state index contributed by atoms with van der Waals surface area (Å²) in [4.78, 5) is 21.7. The van der Waals surface area contributed by atoms with Crippen molar-refractivity contribution in [3.63, 3.8) is 0 Å². The number of carbonyl (C=O) groups is 1. The molecule has 1 saturated heterocycles. The Kier molecular flexibility index (Phi) is 4.67. The minimum absolute atomic E-state index is 0.0358. The van der Waals surface area contributed by atoms with Crippen molar-refractivity contribution >= 4 is 22.6 Å². The van der Waals surface area contributed by atoms with Gasteiger partial charge < -0.3 is 14.3 Å². The Balaban J connectivity index is 1.36. The fourth-order valence-corrected chi connectivity index (χ4v) is 3.85. The van der Waals surface area contributed by atoms with Gasteiger partial charge in [-0.3, -0.25) is 4.79 Å². The molecule has 1 aliphatic rings. The minimum Gasteiger partial charge on any atom is -0.355 e. The second-order valence-electron chi connectivity index (χ2n) is 7.58. The zero-order chi connectivity index (χ0) is 20.5. The fourth-order valence-electron chi connectivity index (χ4n) is 3.85. The number of amides is 1. The van der Waals surface area contributed by atoms with Crippen LogP contribution in [-0.2, 0) is 0 Å². The van der Waals surface area contributed by atoms with E-state index < -0.39 is 0 Å². The third-order valence-electron chi connectivity index (χ3n) is 5.58. The average molecular weight is 398 g/mol. The third kappa shape index (κ3) is 3.41. The molecule has 30 heavy (non-hydrogen) atoms. The first kappa shape index (κ1) is 18.4. The molecule has 1 aliphatic heterocycles. The molecule has 150 valence electrons. The van der Waals surface area contributed by atoms with Gasteiger partial charge in [0.15, 0.2) is 5.76 Å². The van der Waals surface area contributed by atoms with Crippen LogP contribution in [0.15, 0.2) is 71.4 Å². The molecule has 1 fully saturated rings. The largest absolute Gasteiger partial charge is 0.355 e. The quantitative estimate of drug-likeness (QED) is 0.519. The van der Waals surface area contributed by atoms with Crippen molar-refractivity contribution < 1.29 is 9.32 Å². The molecule has 6 heteroatoms. The van der Waals surface area contributed by atoms with Crippen molar-refractivity contribution in [3.05, 3.63) is 78.0 Å². The summed E-state index contributed by atoms with van der Waals surface area (Å²) in [6.07, 6.45) is 1.80. The van der Waals surface area contributed by atoms with Crippen molar-refractivity contribution in [1.29, 1.82) is 0 Å². The molecule has 2 aromatic heterocycles. The predicted octanol–water partition coefficient (Wildman–Crippen LogP) is 4.16. The van der Waals surface area contributed by atoms with Crippen LogP contribution >= 0.6 is 0 Å². The van der Waals surface area contributed by atoms with Gasteiger partial charge in [0.05, 0.1) is 5.39 Å². The number of nitrogens with zero attached hydrogens (tertiary/aromatic N) is 4. The highest BCUT2D eigenvalue weighted by Crippen LogP contribution is 2.30. The highest BCUT2D eigenvalue weighted by molar-refractivity contribution is 6.01. The molecule has 5 rings (SSSR count). The van der Waals surface area contributed by atoms with E-state index in [2.05, 4.69) is 15.0 Å². The normalized spacial score (nSPS) is 14.3. The monoisotopic (exact) mass is 398 g/mol. The topological polar surface area (TPSA) is 62.5 Å². The molecular formula is C24H22N4O2. The molecule has 0 unspecified atom stereocenters. The van der Waals surface area contributed by atoms with Crippen LogP contribution in [0.4, 0.5) is 5.82 Å². The first-order valence-electron chi connectivity index (χ1n) is 10.1. The molecule has 0 spiro atoms. The maximum Gasteiger partial charge on any atom is 0.254 e. The van der Waals surface area contributed by atoms with E-state index in [-0.39, 0.29) is 5.91 Å². The third-order valence-corrected chi connectivity index (χ3v) is 5.58. The van der Waals surface area contributed by atoms with Gasteiger partial charge in [-0.05, 0) is 37.3 Å². The second-order valence-corrected chi connectivity index (χ2v) is 7.58. The smallest absolute Gasteiger partial charge is 0.254 e. The van der Waals surface area contributed by atoms with E-state index in [1.807, 2.05) is 72.5 Å². The molecular weight excluding hydrogens is 376 g/mol. The summed E-state index contributed by atoms with van der Waals surface area (Å²) in [6, 6.07) is 19.6. The molecule has 2 aromatic carbocycles. The molecule has 0 N–H and O–H groups in total. The molecule has 0 saturated carbocycles. The van der Waals surface area contributed by atoms with Crippen molar-refractivity contribution in [2.24, 2.45) is 0 Å². The van der Waals surface area contributed by atoms with Crippen LogP contribution < -0.4 is 4.90 Å². The second kappa shape index (κ2) is 7.63. The van der Waals surface area contributed by atoms with Gasteiger partial charge in [0.1, 0.15) is 11.3 Å². The molecule has 4 aromatic rings. The number of carbonyl (C=O) groups excluding carboxylic acids is 1.